The second-order valence-electron chi connectivity index (χ2n) is 6.95. The van der Waals surface area contributed by atoms with Crippen LogP contribution in [-0.4, -0.2) is 25.2 Å². The SMILES string of the molecule is CCCCCCCCCOC(=O)C1CCCCC1C(=O)OCCC. The van der Waals surface area contributed by atoms with Gasteiger partial charge in [0.25, 0.3) is 0 Å². The first-order chi connectivity index (χ1) is 11.7. The van der Waals surface area contributed by atoms with Gasteiger partial charge in [0.1, 0.15) is 0 Å². The number of hydrogen-bond donors (Lipinski definition) is 0. The number of unbranched alkanes of at least 4 members (excludes halogenated alkanes) is 6. The Bertz CT molecular complexity index is 354. The third-order valence-electron chi connectivity index (χ3n) is 4.81. The minimum absolute atomic E-state index is 0.195. The Hall–Kier alpha value is -1.06. The Labute approximate surface area is 147 Å². The Kier molecular flexibility index (Phi) is 11.6. The van der Waals surface area contributed by atoms with Crippen molar-refractivity contribution in [2.45, 2.75) is 90.9 Å². The van der Waals surface area contributed by atoms with Crippen molar-refractivity contribution >= 4 is 11.9 Å². The fourth-order valence-electron chi connectivity index (χ4n) is 3.34. The molecule has 2 atom stereocenters. The van der Waals surface area contributed by atoms with E-state index in [0.29, 0.717) is 13.2 Å². The molecule has 0 aliphatic heterocycles. The van der Waals surface area contributed by atoms with Crippen molar-refractivity contribution in [1.82, 2.24) is 0 Å². The zero-order valence-corrected chi connectivity index (χ0v) is 15.7. The summed E-state index contributed by atoms with van der Waals surface area (Å²) < 4.78 is 10.7. The first-order valence-electron chi connectivity index (χ1n) is 10.0. The maximum atomic E-state index is 12.3. The van der Waals surface area contributed by atoms with Gasteiger partial charge in [0.05, 0.1) is 25.0 Å². The molecule has 1 aliphatic rings. The van der Waals surface area contributed by atoms with Gasteiger partial charge in [-0.3, -0.25) is 9.59 Å². The van der Waals surface area contributed by atoms with Crippen LogP contribution in [0.1, 0.15) is 90.9 Å². The van der Waals surface area contributed by atoms with Crippen molar-refractivity contribution in [2.75, 3.05) is 13.2 Å². The molecular formula is C20H36O4. The molecule has 0 saturated heterocycles. The number of ether oxygens (including phenoxy) is 2. The predicted molar refractivity (Wildman–Crippen MR) is 95.7 cm³/mol. The number of esters is 2. The van der Waals surface area contributed by atoms with E-state index in [4.69, 9.17) is 9.47 Å². The smallest absolute Gasteiger partial charge is 0.309 e. The van der Waals surface area contributed by atoms with Crippen molar-refractivity contribution in [1.29, 1.82) is 0 Å². The van der Waals surface area contributed by atoms with Gasteiger partial charge in [-0.2, -0.15) is 0 Å². The number of hydrogen-bond acceptors (Lipinski definition) is 4. The van der Waals surface area contributed by atoms with Crippen molar-refractivity contribution in [2.24, 2.45) is 11.8 Å². The lowest BCUT2D eigenvalue weighted by molar-refractivity contribution is -0.163. The molecule has 0 radical (unpaired) electrons. The lowest BCUT2D eigenvalue weighted by atomic mass is 9.79. The summed E-state index contributed by atoms with van der Waals surface area (Å²) in [6, 6.07) is 0. The van der Waals surface area contributed by atoms with Crippen LogP contribution in [0.2, 0.25) is 0 Å². The molecule has 0 heterocycles. The first-order valence-corrected chi connectivity index (χ1v) is 10.0. The van der Waals surface area contributed by atoms with E-state index < -0.39 is 0 Å². The Balaban J connectivity index is 2.24. The Morgan fingerprint density at radius 3 is 1.75 bits per heavy atom. The van der Waals surface area contributed by atoms with Gasteiger partial charge in [-0.25, -0.2) is 0 Å². The van der Waals surface area contributed by atoms with Gasteiger partial charge in [0.2, 0.25) is 0 Å². The molecule has 0 amide bonds. The fourth-order valence-corrected chi connectivity index (χ4v) is 3.34. The Morgan fingerprint density at radius 1 is 0.708 bits per heavy atom. The van der Waals surface area contributed by atoms with Crippen molar-refractivity contribution in [3.05, 3.63) is 0 Å². The molecule has 1 aliphatic carbocycles. The molecule has 24 heavy (non-hydrogen) atoms. The van der Waals surface area contributed by atoms with Crippen LogP contribution in [0.3, 0.4) is 0 Å². The number of rotatable bonds is 12. The summed E-state index contributed by atoms with van der Waals surface area (Å²) in [5.41, 5.74) is 0. The normalized spacial score (nSPS) is 20.6. The van der Waals surface area contributed by atoms with E-state index in [2.05, 4.69) is 6.92 Å². The van der Waals surface area contributed by atoms with Gasteiger partial charge in [-0.05, 0) is 25.7 Å². The van der Waals surface area contributed by atoms with E-state index in [9.17, 15) is 9.59 Å². The number of carbonyl (C=O) groups is 2. The van der Waals surface area contributed by atoms with Crippen LogP contribution in [0, 0.1) is 11.8 Å². The highest BCUT2D eigenvalue weighted by molar-refractivity contribution is 5.82. The summed E-state index contributed by atoms with van der Waals surface area (Å²) in [4.78, 5) is 24.5. The van der Waals surface area contributed by atoms with Gasteiger partial charge in [-0.15, -0.1) is 0 Å². The summed E-state index contributed by atoms with van der Waals surface area (Å²) in [7, 11) is 0. The highest BCUT2D eigenvalue weighted by Gasteiger charge is 2.37. The lowest BCUT2D eigenvalue weighted by Gasteiger charge is -2.28. The van der Waals surface area contributed by atoms with Gasteiger partial charge in [-0.1, -0.05) is 65.2 Å². The van der Waals surface area contributed by atoms with Crippen LogP contribution in [0.4, 0.5) is 0 Å². The molecular weight excluding hydrogens is 304 g/mol. The monoisotopic (exact) mass is 340 g/mol. The third-order valence-corrected chi connectivity index (χ3v) is 4.81. The van der Waals surface area contributed by atoms with Crippen molar-refractivity contribution in [3.8, 4) is 0 Å². The second kappa shape index (κ2) is 13.3. The van der Waals surface area contributed by atoms with E-state index >= 15 is 0 Å². The second-order valence-corrected chi connectivity index (χ2v) is 6.95. The van der Waals surface area contributed by atoms with E-state index in [-0.39, 0.29) is 23.8 Å². The summed E-state index contributed by atoms with van der Waals surface area (Å²) in [6.45, 7) is 5.12. The molecule has 0 spiro atoms. The van der Waals surface area contributed by atoms with Crippen molar-refractivity contribution in [3.63, 3.8) is 0 Å². The van der Waals surface area contributed by atoms with Gasteiger partial charge < -0.3 is 9.47 Å². The molecule has 140 valence electrons. The third kappa shape index (κ3) is 8.16. The zero-order chi connectivity index (χ0) is 17.6. The van der Waals surface area contributed by atoms with Crippen LogP contribution in [0.25, 0.3) is 0 Å². The molecule has 0 aromatic rings. The summed E-state index contributed by atoms with van der Waals surface area (Å²) >= 11 is 0. The predicted octanol–water partition coefficient (Wildman–Crippen LogP) is 5.04. The molecule has 1 fully saturated rings. The molecule has 4 heteroatoms. The van der Waals surface area contributed by atoms with Crippen molar-refractivity contribution < 1.29 is 19.1 Å². The van der Waals surface area contributed by atoms with Crippen LogP contribution in [0.15, 0.2) is 0 Å². The Morgan fingerprint density at radius 2 is 1.21 bits per heavy atom. The molecule has 4 nitrogen and oxygen atoms in total. The lowest BCUT2D eigenvalue weighted by Crippen LogP contribution is -2.35. The zero-order valence-electron chi connectivity index (χ0n) is 15.7. The van der Waals surface area contributed by atoms with Crippen LogP contribution < -0.4 is 0 Å². The molecule has 0 aromatic heterocycles. The van der Waals surface area contributed by atoms with E-state index in [0.717, 1.165) is 44.9 Å². The van der Waals surface area contributed by atoms with E-state index in [1.54, 1.807) is 0 Å². The van der Waals surface area contributed by atoms with Gasteiger partial charge in [0.15, 0.2) is 0 Å². The molecule has 1 rings (SSSR count). The average molecular weight is 341 g/mol. The molecule has 0 bridgehead atoms. The molecule has 2 unspecified atom stereocenters. The minimum atomic E-state index is -0.299. The average Bonchev–Trinajstić information content (AvgIpc) is 2.61. The maximum Gasteiger partial charge on any atom is 0.309 e. The topological polar surface area (TPSA) is 52.6 Å². The number of carbonyl (C=O) groups excluding carboxylic acids is 2. The quantitative estimate of drug-likeness (QED) is 0.369. The van der Waals surface area contributed by atoms with Crippen LogP contribution in [0.5, 0.6) is 0 Å². The van der Waals surface area contributed by atoms with E-state index in [1.165, 1.54) is 32.1 Å². The van der Waals surface area contributed by atoms with E-state index in [1.807, 2.05) is 6.92 Å². The van der Waals surface area contributed by atoms with Crippen LogP contribution >= 0.6 is 0 Å². The van der Waals surface area contributed by atoms with Gasteiger partial charge in [0, 0.05) is 0 Å². The molecule has 0 N–H and O–H groups in total. The van der Waals surface area contributed by atoms with Gasteiger partial charge >= 0.3 is 11.9 Å². The largest absolute Gasteiger partial charge is 0.465 e. The standard InChI is InChI=1S/C20H36O4/c1-3-5-6-7-8-9-12-16-24-20(22)18-14-11-10-13-17(18)19(21)23-15-4-2/h17-18H,3-16H2,1-2H3. The summed E-state index contributed by atoms with van der Waals surface area (Å²) in [5, 5.41) is 0. The maximum absolute atomic E-state index is 12.3. The highest BCUT2D eigenvalue weighted by Crippen LogP contribution is 2.32. The highest BCUT2D eigenvalue weighted by atomic mass is 16.5. The first kappa shape index (κ1) is 21.0. The molecule has 0 aromatic carbocycles. The van der Waals surface area contributed by atoms with Crippen LogP contribution in [-0.2, 0) is 19.1 Å². The summed E-state index contributed by atoms with van der Waals surface area (Å²) in [6.07, 6.45) is 12.7. The fraction of sp³-hybridized carbons (Fsp3) is 0.900. The summed E-state index contributed by atoms with van der Waals surface area (Å²) in [5.74, 6) is -1.01. The minimum Gasteiger partial charge on any atom is -0.465 e. The molecule has 1 saturated carbocycles.